The van der Waals surface area contributed by atoms with Gasteiger partial charge in [0, 0.05) is 55.2 Å². The molecule has 8 N–H and O–H groups in total. The number of carbonyl (C=O) groups excluding carboxylic acids is 3. The molecule has 3 amide bonds. The summed E-state index contributed by atoms with van der Waals surface area (Å²) in [6, 6.07) is 34.4. The molecule has 2 atom stereocenters. The molecule has 0 saturated carbocycles. The minimum atomic E-state index is -0.873. The van der Waals surface area contributed by atoms with Gasteiger partial charge in [-0.2, -0.15) is 0 Å². The first-order valence-corrected chi connectivity index (χ1v) is 26.1. The molecule has 0 bridgehead atoms. The van der Waals surface area contributed by atoms with Crippen molar-refractivity contribution >= 4 is 23.7 Å². The summed E-state index contributed by atoms with van der Waals surface area (Å²) >= 11 is 0. The fourth-order valence-corrected chi connectivity index (χ4v) is 10.3. The number of aromatic nitrogens is 4. The highest BCUT2D eigenvalue weighted by molar-refractivity contribution is 5.98. The van der Waals surface area contributed by atoms with E-state index in [1.54, 1.807) is 16.8 Å². The van der Waals surface area contributed by atoms with E-state index in [0.29, 0.717) is 46.3 Å². The fourth-order valence-electron chi connectivity index (χ4n) is 10.3. The summed E-state index contributed by atoms with van der Waals surface area (Å²) in [6.45, 7) is 9.00. The summed E-state index contributed by atoms with van der Waals surface area (Å²) in [4.78, 5) is 58.9. The Morgan fingerprint density at radius 3 is 1.39 bits per heavy atom. The third-order valence-corrected chi connectivity index (χ3v) is 14.0. The maximum absolute atomic E-state index is 12.6. The molecular formula is C58H68N10O7. The summed E-state index contributed by atoms with van der Waals surface area (Å²) in [5.74, 6) is 4.42. The Kier molecular flexibility index (Phi) is 18.2. The Hall–Kier alpha value is -8.18. The minimum Gasteiger partial charge on any atom is -0.478 e. The van der Waals surface area contributed by atoms with E-state index in [1.165, 1.54) is 0 Å². The highest BCUT2D eigenvalue weighted by Gasteiger charge is 2.37. The number of fused-ring (bicyclic) bond motifs is 2. The largest absolute Gasteiger partial charge is 0.478 e. The average Bonchev–Trinajstić information content (AvgIpc) is 4.05. The van der Waals surface area contributed by atoms with Gasteiger partial charge >= 0.3 is 5.97 Å². The first kappa shape index (κ1) is 53.1. The molecule has 10 rings (SSSR count). The van der Waals surface area contributed by atoms with Crippen LogP contribution in [0.5, 0.6) is 23.0 Å². The van der Waals surface area contributed by atoms with Gasteiger partial charge in [0.2, 0.25) is 5.91 Å². The lowest BCUT2D eigenvalue weighted by molar-refractivity contribution is -0.131. The van der Waals surface area contributed by atoms with Gasteiger partial charge in [-0.1, -0.05) is 62.4 Å². The van der Waals surface area contributed by atoms with Crippen LogP contribution in [0.3, 0.4) is 0 Å². The molecule has 0 radical (unpaired) electrons. The zero-order chi connectivity index (χ0) is 52.7. The summed E-state index contributed by atoms with van der Waals surface area (Å²) in [5, 5.41) is 11.4. The molecule has 392 valence electrons. The molecule has 0 aliphatic carbocycles. The van der Waals surface area contributed by atoms with Gasteiger partial charge in [-0.3, -0.25) is 14.4 Å². The van der Waals surface area contributed by atoms with E-state index in [-0.39, 0.29) is 11.8 Å². The monoisotopic (exact) mass is 1020 g/mol. The van der Waals surface area contributed by atoms with Crippen LogP contribution in [0.25, 0.3) is 22.5 Å². The smallest absolute Gasteiger partial charge is 0.327 e. The van der Waals surface area contributed by atoms with Crippen LogP contribution >= 0.6 is 0 Å². The van der Waals surface area contributed by atoms with Gasteiger partial charge in [0.1, 0.15) is 46.0 Å². The number of rotatable bonds is 14. The average molecular weight is 1020 g/mol. The minimum absolute atomic E-state index is 0.0881. The summed E-state index contributed by atoms with van der Waals surface area (Å²) in [5.41, 5.74) is 22.0. The first-order valence-electron chi connectivity index (χ1n) is 26.1. The highest BCUT2D eigenvalue weighted by atomic mass is 16.5. The van der Waals surface area contributed by atoms with Crippen LogP contribution in [0, 0.1) is 11.8 Å². The normalized spacial score (nSPS) is 17.5. The molecule has 2 fully saturated rings. The Labute approximate surface area is 438 Å². The van der Waals surface area contributed by atoms with Crippen LogP contribution < -0.4 is 37.1 Å². The number of piperidine rings is 2. The number of nitrogens with zero attached hydrogens (tertiary/aromatic N) is 5. The van der Waals surface area contributed by atoms with E-state index >= 15 is 0 Å². The zero-order valence-electron chi connectivity index (χ0n) is 42.7. The Balaban J connectivity index is 0.000000179. The van der Waals surface area contributed by atoms with Gasteiger partial charge in [0.25, 0.3) is 11.8 Å². The molecule has 4 aromatic carbocycles. The number of ether oxygens (including phenoxy) is 2. The molecule has 75 heavy (non-hydrogen) atoms. The first-order chi connectivity index (χ1) is 36.5. The van der Waals surface area contributed by atoms with Crippen molar-refractivity contribution in [2.75, 3.05) is 50.1 Å². The fraction of sp³-hybridized carbons (Fsp3) is 0.345. The molecule has 6 aromatic rings. The van der Waals surface area contributed by atoms with Crippen LogP contribution in [0.15, 0.2) is 133 Å². The number of carboxylic acid groups (broad SMARTS) is 1. The van der Waals surface area contributed by atoms with E-state index in [0.717, 1.165) is 137 Å². The molecular weight excluding hydrogens is 949 g/mol. The Morgan fingerprint density at radius 2 is 0.987 bits per heavy atom. The van der Waals surface area contributed by atoms with E-state index in [2.05, 4.69) is 16.2 Å². The molecule has 0 spiro atoms. The van der Waals surface area contributed by atoms with E-state index < -0.39 is 17.8 Å². The van der Waals surface area contributed by atoms with Gasteiger partial charge in [0.15, 0.2) is 11.4 Å². The van der Waals surface area contributed by atoms with Crippen molar-refractivity contribution in [1.82, 2.24) is 29.5 Å². The lowest BCUT2D eigenvalue weighted by atomic mass is 9.81. The number of likely N-dealkylation sites (tertiary alicyclic amines) is 1. The number of nitrogens with one attached hydrogen (secondary N) is 3. The van der Waals surface area contributed by atoms with Crippen molar-refractivity contribution in [3.05, 3.63) is 157 Å². The van der Waals surface area contributed by atoms with Gasteiger partial charge < -0.3 is 47.1 Å². The lowest BCUT2D eigenvalue weighted by Gasteiger charge is -2.37. The number of imidazole rings is 2. The second-order valence-corrected chi connectivity index (χ2v) is 18.9. The second-order valence-electron chi connectivity index (χ2n) is 18.9. The molecule has 4 aliphatic rings. The number of benzene rings is 4. The zero-order valence-corrected chi connectivity index (χ0v) is 42.7. The van der Waals surface area contributed by atoms with Crippen molar-refractivity contribution in [3.8, 4) is 45.5 Å². The predicted octanol–water partition coefficient (Wildman–Crippen LogP) is 9.19. The van der Waals surface area contributed by atoms with Gasteiger partial charge in [-0.05, 0) is 155 Å². The second kappa shape index (κ2) is 25.7. The van der Waals surface area contributed by atoms with E-state index in [9.17, 15) is 19.2 Å². The van der Waals surface area contributed by atoms with Crippen molar-refractivity contribution < 1.29 is 33.8 Å². The number of para-hydroxylation sites is 2. The molecule has 2 unspecified atom stereocenters. The number of primary amides is 2. The number of aliphatic carboxylic acids is 1. The van der Waals surface area contributed by atoms with Crippen molar-refractivity contribution in [2.45, 2.75) is 77.0 Å². The SMILES string of the molecule is CC/C=C/C(=O)N1CCC(C2CCNn3c2nc(-c2ccc(Oc4ccccc4)cc2)c3C(N)=O)CC1.CC/C=C/C(=O)O.NC(=O)c1c(-c2ccc(Oc3ccccc3)cc2)nc2n1NCCC2C1CCNCC1. The van der Waals surface area contributed by atoms with Crippen molar-refractivity contribution in [2.24, 2.45) is 23.3 Å². The van der Waals surface area contributed by atoms with E-state index in [1.807, 2.05) is 139 Å². The molecule has 4 aliphatic heterocycles. The topological polar surface area (TPSA) is 234 Å². The molecule has 17 nitrogen and oxygen atoms in total. The maximum Gasteiger partial charge on any atom is 0.327 e. The van der Waals surface area contributed by atoms with E-state index in [4.69, 9.17) is 36.0 Å². The number of nitrogens with two attached hydrogens (primary N) is 2. The van der Waals surface area contributed by atoms with Crippen molar-refractivity contribution in [1.29, 1.82) is 0 Å². The van der Waals surface area contributed by atoms with Crippen LogP contribution in [-0.4, -0.2) is 92.3 Å². The van der Waals surface area contributed by atoms with Crippen molar-refractivity contribution in [3.63, 3.8) is 0 Å². The van der Waals surface area contributed by atoms with Gasteiger partial charge in [-0.25, -0.2) is 24.1 Å². The third kappa shape index (κ3) is 13.3. The Bertz CT molecular complexity index is 2920. The summed E-state index contributed by atoms with van der Waals surface area (Å²) in [6.07, 6.45) is 14.0. The van der Waals surface area contributed by atoms with Crippen LogP contribution in [-0.2, 0) is 9.59 Å². The highest BCUT2D eigenvalue weighted by Crippen LogP contribution is 2.41. The van der Waals surface area contributed by atoms with Crippen LogP contribution in [0.1, 0.15) is 110 Å². The molecule has 2 aromatic heterocycles. The number of hydrogen-bond acceptors (Lipinski definition) is 11. The number of allylic oxidation sites excluding steroid dienone is 2. The number of amides is 3. The van der Waals surface area contributed by atoms with Gasteiger partial charge in [-0.15, -0.1) is 0 Å². The van der Waals surface area contributed by atoms with Crippen LogP contribution in [0.4, 0.5) is 0 Å². The lowest BCUT2D eigenvalue weighted by Crippen LogP contribution is -2.41. The number of hydrogen-bond donors (Lipinski definition) is 6. The Morgan fingerprint density at radius 1 is 0.573 bits per heavy atom. The summed E-state index contributed by atoms with van der Waals surface area (Å²) in [7, 11) is 0. The molecule has 6 heterocycles. The molecule has 2 saturated heterocycles. The third-order valence-electron chi connectivity index (χ3n) is 14.0. The maximum atomic E-state index is 12.6. The summed E-state index contributed by atoms with van der Waals surface area (Å²) < 4.78 is 15.4. The quantitative estimate of drug-likeness (QED) is 0.0561. The number of carbonyl (C=O) groups is 4. The predicted molar refractivity (Wildman–Crippen MR) is 290 cm³/mol. The van der Waals surface area contributed by atoms with Crippen LogP contribution in [0.2, 0.25) is 0 Å². The van der Waals surface area contributed by atoms with Gasteiger partial charge in [0.05, 0.1) is 0 Å². The molecule has 17 heteroatoms. The standard InChI is InChI=1S/C29H33N5O3.C24H27N5O2.C5H8O2/c1-2-3-9-25(35)33-18-15-20(16-19-33)24-14-17-31-34-27(28(30)36)26(32-29(24)34)21-10-12-23(13-11-21)37-22-7-5-4-6-8-22;25-23(30)22-21(17-6-8-19(9-7-17)31-18-4-2-1-3-5-18)28-24-20(12-15-27-29(22)24)16-10-13-26-14-11-16;1-2-3-4-5(6)7/h3-13,20,24,31H,2,14-19H2,1H3,(H2,30,36);1-9,16,20,26-27H,10-15H2,(H2,25,30);3-4H,2H2,1H3,(H,6,7)/b9-3+;;4-3+. The number of carboxylic acids is 1.